The molecule has 2 aromatic rings. The first kappa shape index (κ1) is 12.8. The molecule has 0 radical (unpaired) electrons. The van der Waals surface area contributed by atoms with Gasteiger partial charge in [0.1, 0.15) is 23.2 Å². The van der Waals surface area contributed by atoms with E-state index in [0.717, 1.165) is 6.07 Å². The molecule has 0 aliphatic rings. The molecule has 0 amide bonds. The molecule has 1 atom stereocenters. The van der Waals surface area contributed by atoms with Gasteiger partial charge in [-0.2, -0.15) is 0 Å². The Hall–Kier alpha value is -1.68. The summed E-state index contributed by atoms with van der Waals surface area (Å²) >= 11 is 0. The Kier molecular flexibility index (Phi) is 3.48. The van der Waals surface area contributed by atoms with Crippen molar-refractivity contribution in [2.45, 2.75) is 26.4 Å². The largest absolute Gasteiger partial charge is 0.466 e. The fraction of sp³-hybridized carbons (Fsp3) is 0.286. The van der Waals surface area contributed by atoms with Crippen LogP contribution in [0.3, 0.4) is 0 Å². The van der Waals surface area contributed by atoms with Crippen LogP contribution in [0.15, 0.2) is 28.7 Å². The SMILES string of the molecule is Cc1cc(C(O)Cc2cc(F)cc(F)c2)c(C)o1. The molecule has 0 bridgehead atoms. The van der Waals surface area contributed by atoms with Crippen molar-refractivity contribution in [2.24, 2.45) is 0 Å². The van der Waals surface area contributed by atoms with E-state index in [-0.39, 0.29) is 6.42 Å². The molecular weight excluding hydrogens is 238 g/mol. The highest BCUT2D eigenvalue weighted by atomic mass is 19.1. The normalized spacial score (nSPS) is 12.7. The summed E-state index contributed by atoms with van der Waals surface area (Å²) in [4.78, 5) is 0. The van der Waals surface area contributed by atoms with E-state index >= 15 is 0 Å². The van der Waals surface area contributed by atoms with E-state index in [0.29, 0.717) is 22.6 Å². The average molecular weight is 252 g/mol. The molecule has 1 N–H and O–H groups in total. The van der Waals surface area contributed by atoms with Gasteiger partial charge in [-0.25, -0.2) is 8.78 Å². The van der Waals surface area contributed by atoms with Crippen LogP contribution >= 0.6 is 0 Å². The van der Waals surface area contributed by atoms with Crippen LogP contribution in [-0.2, 0) is 6.42 Å². The van der Waals surface area contributed by atoms with Crippen molar-refractivity contribution < 1.29 is 18.3 Å². The number of aliphatic hydroxyl groups excluding tert-OH is 1. The van der Waals surface area contributed by atoms with Gasteiger partial charge in [0, 0.05) is 18.1 Å². The Balaban J connectivity index is 2.20. The number of benzene rings is 1. The minimum absolute atomic E-state index is 0.147. The van der Waals surface area contributed by atoms with E-state index in [4.69, 9.17) is 4.42 Å². The standard InChI is InChI=1S/C14H14F2O2/c1-8-3-13(9(2)18-8)14(17)6-10-4-11(15)7-12(16)5-10/h3-5,7,14,17H,6H2,1-2H3. The summed E-state index contributed by atoms with van der Waals surface area (Å²) in [6.45, 7) is 3.53. The molecule has 1 aromatic carbocycles. The first-order valence-electron chi connectivity index (χ1n) is 5.65. The molecule has 1 heterocycles. The summed E-state index contributed by atoms with van der Waals surface area (Å²) < 4.78 is 31.4. The van der Waals surface area contributed by atoms with Crippen LogP contribution in [-0.4, -0.2) is 5.11 Å². The highest BCUT2D eigenvalue weighted by Gasteiger charge is 2.15. The Bertz CT molecular complexity index is 541. The third-order valence-corrected chi connectivity index (χ3v) is 2.79. The van der Waals surface area contributed by atoms with Crippen LogP contribution in [0.5, 0.6) is 0 Å². The predicted molar refractivity (Wildman–Crippen MR) is 63.2 cm³/mol. The fourth-order valence-electron chi connectivity index (χ4n) is 2.04. The van der Waals surface area contributed by atoms with Crippen molar-refractivity contribution in [3.05, 3.63) is 58.5 Å². The lowest BCUT2D eigenvalue weighted by atomic mass is 10.0. The highest BCUT2D eigenvalue weighted by Crippen LogP contribution is 2.25. The van der Waals surface area contributed by atoms with Crippen LogP contribution in [0, 0.1) is 25.5 Å². The Morgan fingerprint density at radius 3 is 2.22 bits per heavy atom. The monoisotopic (exact) mass is 252 g/mol. The topological polar surface area (TPSA) is 33.4 Å². The third kappa shape index (κ3) is 2.76. The summed E-state index contributed by atoms with van der Waals surface area (Å²) in [5, 5.41) is 10.0. The van der Waals surface area contributed by atoms with E-state index in [9.17, 15) is 13.9 Å². The molecule has 0 spiro atoms. The van der Waals surface area contributed by atoms with Gasteiger partial charge < -0.3 is 9.52 Å². The van der Waals surface area contributed by atoms with Gasteiger partial charge >= 0.3 is 0 Å². The van der Waals surface area contributed by atoms with Gasteiger partial charge in [-0.05, 0) is 37.6 Å². The van der Waals surface area contributed by atoms with Gasteiger partial charge in [0.15, 0.2) is 0 Å². The second kappa shape index (κ2) is 4.90. The van der Waals surface area contributed by atoms with Crippen molar-refractivity contribution in [3.63, 3.8) is 0 Å². The zero-order chi connectivity index (χ0) is 13.3. The van der Waals surface area contributed by atoms with Gasteiger partial charge in [-0.15, -0.1) is 0 Å². The number of hydrogen-bond donors (Lipinski definition) is 1. The fourth-order valence-corrected chi connectivity index (χ4v) is 2.04. The maximum absolute atomic E-state index is 13.0. The maximum Gasteiger partial charge on any atom is 0.126 e. The summed E-state index contributed by atoms with van der Waals surface area (Å²) in [5.74, 6) is 0.0402. The number of aliphatic hydroxyl groups is 1. The van der Waals surface area contributed by atoms with E-state index in [1.165, 1.54) is 12.1 Å². The molecule has 96 valence electrons. The summed E-state index contributed by atoms with van der Waals surface area (Å²) in [5.41, 5.74) is 1.07. The summed E-state index contributed by atoms with van der Waals surface area (Å²) in [6.07, 6.45) is -0.683. The number of halogens is 2. The average Bonchev–Trinajstić information content (AvgIpc) is 2.56. The molecule has 2 nitrogen and oxygen atoms in total. The Labute approximate surface area is 104 Å². The third-order valence-electron chi connectivity index (χ3n) is 2.79. The smallest absolute Gasteiger partial charge is 0.126 e. The van der Waals surface area contributed by atoms with Crippen LogP contribution in [0.4, 0.5) is 8.78 Å². The van der Waals surface area contributed by atoms with Gasteiger partial charge in [-0.1, -0.05) is 0 Å². The first-order chi connectivity index (χ1) is 8.45. The molecule has 0 saturated heterocycles. The lowest BCUT2D eigenvalue weighted by Crippen LogP contribution is -2.03. The second-order valence-electron chi connectivity index (χ2n) is 4.37. The molecule has 0 fully saturated rings. The number of aryl methyl sites for hydroxylation is 2. The molecule has 1 aromatic heterocycles. The van der Waals surface area contributed by atoms with E-state index in [1.807, 2.05) is 0 Å². The molecular formula is C14H14F2O2. The molecule has 0 aliphatic carbocycles. The molecule has 1 unspecified atom stereocenters. The van der Waals surface area contributed by atoms with Gasteiger partial charge in [-0.3, -0.25) is 0 Å². The lowest BCUT2D eigenvalue weighted by Gasteiger charge is -2.10. The maximum atomic E-state index is 13.0. The summed E-state index contributed by atoms with van der Waals surface area (Å²) in [7, 11) is 0. The van der Waals surface area contributed by atoms with E-state index in [1.54, 1.807) is 19.9 Å². The highest BCUT2D eigenvalue weighted by molar-refractivity contribution is 5.26. The quantitative estimate of drug-likeness (QED) is 0.907. The van der Waals surface area contributed by atoms with Gasteiger partial charge in [0.25, 0.3) is 0 Å². The number of rotatable bonds is 3. The molecule has 0 saturated carbocycles. The molecule has 2 rings (SSSR count). The van der Waals surface area contributed by atoms with Gasteiger partial charge in [0.2, 0.25) is 0 Å². The molecule has 0 aliphatic heterocycles. The molecule has 4 heteroatoms. The molecule has 18 heavy (non-hydrogen) atoms. The zero-order valence-corrected chi connectivity index (χ0v) is 10.2. The number of furan rings is 1. The van der Waals surface area contributed by atoms with Crippen molar-refractivity contribution >= 4 is 0 Å². The van der Waals surface area contributed by atoms with Crippen molar-refractivity contribution in [3.8, 4) is 0 Å². The van der Waals surface area contributed by atoms with E-state index in [2.05, 4.69) is 0 Å². The zero-order valence-electron chi connectivity index (χ0n) is 10.2. The minimum atomic E-state index is -0.830. The van der Waals surface area contributed by atoms with Crippen molar-refractivity contribution in [2.75, 3.05) is 0 Å². The van der Waals surface area contributed by atoms with Gasteiger partial charge in [0.05, 0.1) is 6.10 Å². The van der Waals surface area contributed by atoms with Crippen molar-refractivity contribution in [1.29, 1.82) is 0 Å². The van der Waals surface area contributed by atoms with Crippen LogP contribution in [0.2, 0.25) is 0 Å². The first-order valence-corrected chi connectivity index (χ1v) is 5.65. The second-order valence-corrected chi connectivity index (χ2v) is 4.37. The van der Waals surface area contributed by atoms with Crippen molar-refractivity contribution in [1.82, 2.24) is 0 Å². The van der Waals surface area contributed by atoms with Crippen LogP contribution < -0.4 is 0 Å². The Morgan fingerprint density at radius 2 is 1.72 bits per heavy atom. The minimum Gasteiger partial charge on any atom is -0.466 e. The predicted octanol–water partition coefficient (Wildman–Crippen LogP) is 3.45. The number of hydrogen-bond acceptors (Lipinski definition) is 2. The lowest BCUT2D eigenvalue weighted by molar-refractivity contribution is 0.176. The van der Waals surface area contributed by atoms with Crippen LogP contribution in [0.1, 0.15) is 28.8 Å². The Morgan fingerprint density at radius 1 is 1.11 bits per heavy atom. The van der Waals surface area contributed by atoms with Crippen LogP contribution in [0.25, 0.3) is 0 Å². The summed E-state index contributed by atoms with van der Waals surface area (Å²) in [6, 6.07) is 4.97. The van der Waals surface area contributed by atoms with E-state index < -0.39 is 17.7 Å².